The molecular formula is C13H18O2Si. The van der Waals surface area contributed by atoms with Gasteiger partial charge in [0, 0.05) is 18.2 Å². The van der Waals surface area contributed by atoms with Crippen LogP contribution < -0.4 is 0 Å². The van der Waals surface area contributed by atoms with E-state index in [2.05, 4.69) is 13.1 Å². The van der Waals surface area contributed by atoms with Crippen LogP contribution in [0.2, 0.25) is 12.6 Å². The molecular weight excluding hydrogens is 216 g/mol. The average molecular weight is 234 g/mol. The Hall–Kier alpha value is -1.06. The molecule has 1 aliphatic heterocycles. The summed E-state index contributed by atoms with van der Waals surface area (Å²) in [4.78, 5) is 0. The lowest BCUT2D eigenvalue weighted by Gasteiger charge is -2.32. The third-order valence-electron chi connectivity index (χ3n) is 2.87. The Morgan fingerprint density at radius 2 is 2.06 bits per heavy atom. The molecule has 1 aliphatic rings. The fourth-order valence-electron chi connectivity index (χ4n) is 1.93. The van der Waals surface area contributed by atoms with Gasteiger partial charge >= 0.3 is 8.56 Å². The first kappa shape index (κ1) is 11.4. The molecule has 0 bridgehead atoms. The van der Waals surface area contributed by atoms with E-state index in [4.69, 9.17) is 8.85 Å². The Balaban J connectivity index is 2.01. The van der Waals surface area contributed by atoms with Crippen LogP contribution >= 0.6 is 0 Å². The van der Waals surface area contributed by atoms with Crippen molar-refractivity contribution in [1.29, 1.82) is 0 Å². The fourth-order valence-corrected chi connectivity index (χ4v) is 4.35. The smallest absolute Gasteiger partial charge is 0.395 e. The van der Waals surface area contributed by atoms with Crippen molar-refractivity contribution in [3.8, 4) is 0 Å². The highest BCUT2D eigenvalue weighted by Gasteiger charge is 2.36. The van der Waals surface area contributed by atoms with Crippen LogP contribution in [-0.4, -0.2) is 15.2 Å². The summed E-state index contributed by atoms with van der Waals surface area (Å²) in [5.74, 6) is 0.747. The van der Waals surface area contributed by atoms with Crippen molar-refractivity contribution in [2.45, 2.75) is 25.4 Å². The molecule has 1 unspecified atom stereocenters. The molecule has 0 spiro atoms. The van der Waals surface area contributed by atoms with Crippen LogP contribution in [0.25, 0.3) is 5.76 Å². The predicted octanol–water partition coefficient (Wildman–Crippen LogP) is 3.56. The lowest BCUT2D eigenvalue weighted by atomic mass is 10.2. The van der Waals surface area contributed by atoms with Crippen molar-refractivity contribution in [3.63, 3.8) is 0 Å². The summed E-state index contributed by atoms with van der Waals surface area (Å²) in [6.45, 7) is 6.96. The van der Waals surface area contributed by atoms with Gasteiger partial charge in [-0.25, -0.2) is 0 Å². The van der Waals surface area contributed by atoms with Crippen LogP contribution in [0.4, 0.5) is 0 Å². The Morgan fingerprint density at radius 1 is 1.31 bits per heavy atom. The van der Waals surface area contributed by atoms with Crippen molar-refractivity contribution in [3.05, 3.63) is 42.5 Å². The van der Waals surface area contributed by atoms with Gasteiger partial charge in [0.1, 0.15) is 5.76 Å². The quantitative estimate of drug-likeness (QED) is 0.588. The van der Waals surface area contributed by atoms with E-state index < -0.39 is 8.56 Å². The van der Waals surface area contributed by atoms with Crippen LogP contribution in [0.15, 0.2) is 36.9 Å². The first-order valence-electron chi connectivity index (χ1n) is 5.77. The van der Waals surface area contributed by atoms with Gasteiger partial charge in [0.2, 0.25) is 0 Å². The zero-order valence-electron chi connectivity index (χ0n) is 9.74. The molecule has 0 radical (unpaired) electrons. The van der Waals surface area contributed by atoms with E-state index in [1.165, 1.54) is 6.42 Å². The van der Waals surface area contributed by atoms with Gasteiger partial charge in [-0.1, -0.05) is 36.9 Å². The summed E-state index contributed by atoms with van der Waals surface area (Å²) < 4.78 is 11.8. The summed E-state index contributed by atoms with van der Waals surface area (Å²) in [6.07, 6.45) is 2.37. The molecule has 1 atom stereocenters. The molecule has 0 saturated carbocycles. The molecule has 1 saturated heterocycles. The van der Waals surface area contributed by atoms with E-state index in [0.717, 1.165) is 30.4 Å². The zero-order chi connectivity index (χ0) is 11.4. The largest absolute Gasteiger partial charge is 0.520 e. The maximum Gasteiger partial charge on any atom is 0.395 e. The average Bonchev–Trinajstić information content (AvgIpc) is 2.30. The third kappa shape index (κ3) is 2.74. The Labute approximate surface area is 98.1 Å². The van der Waals surface area contributed by atoms with Crippen LogP contribution in [0.1, 0.15) is 18.4 Å². The zero-order valence-corrected chi connectivity index (χ0v) is 10.7. The van der Waals surface area contributed by atoms with Crippen LogP contribution in [0.3, 0.4) is 0 Å². The van der Waals surface area contributed by atoms with Gasteiger partial charge < -0.3 is 8.85 Å². The van der Waals surface area contributed by atoms with Crippen LogP contribution in [-0.2, 0) is 8.85 Å². The molecule has 86 valence electrons. The van der Waals surface area contributed by atoms with E-state index in [1.807, 2.05) is 30.3 Å². The molecule has 0 aromatic heterocycles. The van der Waals surface area contributed by atoms with E-state index in [1.54, 1.807) is 0 Å². The second-order valence-electron chi connectivity index (χ2n) is 4.33. The predicted molar refractivity (Wildman–Crippen MR) is 68.2 cm³/mol. The lowest BCUT2D eigenvalue weighted by Crippen LogP contribution is -2.40. The second-order valence-corrected chi connectivity index (χ2v) is 7.59. The van der Waals surface area contributed by atoms with E-state index in [9.17, 15) is 0 Å². The molecule has 1 aromatic carbocycles. The SMILES string of the molecule is C=C(O[Si]1(C)CCCCO1)c1ccccc1. The van der Waals surface area contributed by atoms with E-state index in [0.29, 0.717) is 0 Å². The number of benzene rings is 1. The van der Waals surface area contributed by atoms with Crippen molar-refractivity contribution in [2.24, 2.45) is 0 Å². The Bertz CT molecular complexity index is 355. The molecule has 2 nitrogen and oxygen atoms in total. The minimum absolute atomic E-state index is 0.747. The molecule has 1 fully saturated rings. The standard InChI is InChI=1S/C13H18O2Si/c1-12(13-8-4-3-5-9-13)15-16(2)11-7-6-10-14-16/h3-5,8-9H,1,6-7,10-11H2,2H3. The minimum atomic E-state index is -1.98. The molecule has 0 aliphatic carbocycles. The molecule has 1 aromatic rings. The Morgan fingerprint density at radius 3 is 2.69 bits per heavy atom. The Kier molecular flexibility index (Phi) is 3.46. The van der Waals surface area contributed by atoms with Gasteiger partial charge in [-0.15, -0.1) is 0 Å². The fraction of sp³-hybridized carbons (Fsp3) is 0.385. The maximum atomic E-state index is 5.99. The monoisotopic (exact) mass is 234 g/mol. The summed E-state index contributed by atoms with van der Waals surface area (Å²) in [5, 5.41) is 0. The number of hydrogen-bond donors (Lipinski definition) is 0. The van der Waals surface area contributed by atoms with Crippen molar-refractivity contribution >= 4 is 14.3 Å². The van der Waals surface area contributed by atoms with Gasteiger partial charge in [0.05, 0.1) is 0 Å². The third-order valence-corrected chi connectivity index (χ3v) is 5.62. The van der Waals surface area contributed by atoms with E-state index >= 15 is 0 Å². The highest BCUT2D eigenvalue weighted by molar-refractivity contribution is 6.67. The highest BCUT2D eigenvalue weighted by Crippen LogP contribution is 2.27. The molecule has 16 heavy (non-hydrogen) atoms. The summed E-state index contributed by atoms with van der Waals surface area (Å²) in [6, 6.07) is 11.1. The highest BCUT2D eigenvalue weighted by atomic mass is 28.4. The second kappa shape index (κ2) is 4.85. The topological polar surface area (TPSA) is 18.5 Å². The summed E-state index contributed by atoms with van der Waals surface area (Å²) in [5.41, 5.74) is 1.05. The molecule has 0 amide bonds. The molecule has 3 heteroatoms. The number of rotatable bonds is 3. The van der Waals surface area contributed by atoms with Crippen molar-refractivity contribution in [2.75, 3.05) is 6.61 Å². The number of hydrogen-bond acceptors (Lipinski definition) is 2. The molecule has 2 rings (SSSR count). The lowest BCUT2D eigenvalue weighted by molar-refractivity contribution is 0.205. The maximum absolute atomic E-state index is 5.99. The van der Waals surface area contributed by atoms with Gasteiger partial charge in [0.25, 0.3) is 0 Å². The van der Waals surface area contributed by atoms with Crippen LogP contribution in [0, 0.1) is 0 Å². The summed E-state index contributed by atoms with van der Waals surface area (Å²) >= 11 is 0. The van der Waals surface area contributed by atoms with Gasteiger partial charge in [-0.3, -0.25) is 0 Å². The molecule has 0 N–H and O–H groups in total. The van der Waals surface area contributed by atoms with E-state index in [-0.39, 0.29) is 0 Å². The normalized spacial score (nSPS) is 25.1. The van der Waals surface area contributed by atoms with Gasteiger partial charge in [0.15, 0.2) is 0 Å². The summed E-state index contributed by atoms with van der Waals surface area (Å²) in [7, 11) is -1.98. The molecule has 1 heterocycles. The minimum Gasteiger partial charge on any atom is -0.520 e. The van der Waals surface area contributed by atoms with Crippen LogP contribution in [0.5, 0.6) is 0 Å². The van der Waals surface area contributed by atoms with Crippen molar-refractivity contribution < 1.29 is 8.85 Å². The van der Waals surface area contributed by atoms with Crippen molar-refractivity contribution in [1.82, 2.24) is 0 Å². The van der Waals surface area contributed by atoms with Gasteiger partial charge in [-0.05, 0) is 19.4 Å². The first-order valence-corrected chi connectivity index (χ1v) is 8.29. The van der Waals surface area contributed by atoms with Gasteiger partial charge in [-0.2, -0.15) is 0 Å². The first-order chi connectivity index (χ1) is 7.70.